The van der Waals surface area contributed by atoms with Crippen molar-refractivity contribution < 1.29 is 13.6 Å². The Kier molecular flexibility index (Phi) is 2.97. The summed E-state index contributed by atoms with van der Waals surface area (Å²) in [5.74, 6) is -4.67. The first-order chi connectivity index (χ1) is 9.56. The van der Waals surface area contributed by atoms with Gasteiger partial charge in [-0.15, -0.1) is 0 Å². The van der Waals surface area contributed by atoms with Crippen LogP contribution in [0.4, 0.5) is 14.5 Å². The summed E-state index contributed by atoms with van der Waals surface area (Å²) in [6.45, 7) is 0. The van der Waals surface area contributed by atoms with Crippen LogP contribution in [-0.4, -0.2) is 16.8 Å². The van der Waals surface area contributed by atoms with Gasteiger partial charge in [0.15, 0.2) is 0 Å². The molecule has 1 aromatic carbocycles. The molecular formula is C15H12F2N2O. The molecule has 0 bridgehead atoms. The molecule has 1 atom stereocenters. The number of rotatable bonds is 3. The van der Waals surface area contributed by atoms with E-state index in [2.05, 4.69) is 10.3 Å². The molecule has 3 rings (SSSR count). The van der Waals surface area contributed by atoms with Crippen LogP contribution in [0.2, 0.25) is 0 Å². The molecule has 0 spiro atoms. The minimum atomic E-state index is -2.84. The third-order valence-corrected chi connectivity index (χ3v) is 3.23. The first-order valence-electron chi connectivity index (χ1n) is 6.26. The Hall–Kier alpha value is -2.30. The molecule has 1 amide bonds. The normalized spacial score (nSPS) is 19.4. The van der Waals surface area contributed by atoms with Gasteiger partial charge in [-0.1, -0.05) is 18.2 Å². The standard InChI is InChI=1S/C15H12F2N2O/c16-15(17)9-12(15)14(20)19-11-5-3-4-10(8-11)13-6-1-2-7-18-13/h1-8,12H,9H2,(H,19,20)/t12-/m0/s1. The second-order valence-electron chi connectivity index (χ2n) is 4.80. The quantitative estimate of drug-likeness (QED) is 0.932. The number of alkyl halides is 2. The van der Waals surface area contributed by atoms with Gasteiger partial charge in [0, 0.05) is 23.9 Å². The lowest BCUT2D eigenvalue weighted by Gasteiger charge is -2.07. The van der Waals surface area contributed by atoms with Crippen molar-refractivity contribution in [1.29, 1.82) is 0 Å². The lowest BCUT2D eigenvalue weighted by atomic mass is 10.1. The van der Waals surface area contributed by atoms with E-state index in [0.29, 0.717) is 5.69 Å². The van der Waals surface area contributed by atoms with Gasteiger partial charge in [0.05, 0.1) is 5.69 Å². The van der Waals surface area contributed by atoms with Gasteiger partial charge in [-0.05, 0) is 24.3 Å². The van der Waals surface area contributed by atoms with Crippen molar-refractivity contribution in [3.63, 3.8) is 0 Å². The van der Waals surface area contributed by atoms with Gasteiger partial charge in [0.1, 0.15) is 5.92 Å². The summed E-state index contributed by atoms with van der Waals surface area (Å²) in [5, 5.41) is 2.52. The van der Waals surface area contributed by atoms with Gasteiger partial charge in [-0.25, -0.2) is 8.78 Å². The number of nitrogens with zero attached hydrogens (tertiary/aromatic N) is 1. The van der Waals surface area contributed by atoms with Gasteiger partial charge in [-0.2, -0.15) is 0 Å². The highest BCUT2D eigenvalue weighted by Gasteiger charge is 2.61. The first-order valence-corrected chi connectivity index (χ1v) is 6.26. The summed E-state index contributed by atoms with van der Waals surface area (Å²) in [7, 11) is 0. The SMILES string of the molecule is O=C(Nc1cccc(-c2ccccn2)c1)[C@@H]1CC1(F)F. The van der Waals surface area contributed by atoms with Gasteiger partial charge in [-0.3, -0.25) is 9.78 Å². The number of carbonyl (C=O) groups is 1. The van der Waals surface area contributed by atoms with Crippen molar-refractivity contribution in [2.75, 3.05) is 5.32 Å². The van der Waals surface area contributed by atoms with Crippen LogP contribution < -0.4 is 5.32 Å². The fraction of sp³-hybridized carbons (Fsp3) is 0.200. The summed E-state index contributed by atoms with van der Waals surface area (Å²) in [4.78, 5) is 15.8. The van der Waals surface area contributed by atoms with Crippen molar-refractivity contribution in [2.45, 2.75) is 12.3 Å². The molecule has 3 nitrogen and oxygen atoms in total. The Morgan fingerprint density at radius 1 is 1.25 bits per heavy atom. The Bertz CT molecular complexity index is 643. The Morgan fingerprint density at radius 2 is 2.05 bits per heavy atom. The van der Waals surface area contributed by atoms with Crippen LogP contribution in [0.25, 0.3) is 11.3 Å². The van der Waals surface area contributed by atoms with Crippen LogP contribution in [-0.2, 0) is 4.79 Å². The smallest absolute Gasteiger partial charge is 0.260 e. The molecule has 2 aromatic rings. The molecule has 1 heterocycles. The maximum absolute atomic E-state index is 12.8. The number of hydrogen-bond acceptors (Lipinski definition) is 2. The fourth-order valence-electron chi connectivity index (χ4n) is 2.02. The Labute approximate surface area is 114 Å². The molecule has 102 valence electrons. The summed E-state index contributed by atoms with van der Waals surface area (Å²) in [6.07, 6.45) is 1.31. The lowest BCUT2D eigenvalue weighted by Crippen LogP contribution is -2.17. The van der Waals surface area contributed by atoms with Crippen LogP contribution in [0.3, 0.4) is 0 Å². The number of amides is 1. The highest BCUT2D eigenvalue weighted by molar-refractivity contribution is 5.95. The second-order valence-corrected chi connectivity index (χ2v) is 4.80. The maximum Gasteiger partial charge on any atom is 0.260 e. The Morgan fingerprint density at radius 3 is 2.70 bits per heavy atom. The molecule has 5 heteroatoms. The van der Waals surface area contributed by atoms with E-state index in [-0.39, 0.29) is 6.42 Å². The summed E-state index contributed by atoms with van der Waals surface area (Å²) < 4.78 is 25.6. The molecule has 0 radical (unpaired) electrons. The summed E-state index contributed by atoms with van der Waals surface area (Å²) >= 11 is 0. The average molecular weight is 274 g/mol. The zero-order valence-corrected chi connectivity index (χ0v) is 10.5. The van der Waals surface area contributed by atoms with E-state index in [9.17, 15) is 13.6 Å². The van der Waals surface area contributed by atoms with E-state index >= 15 is 0 Å². The molecular weight excluding hydrogens is 262 g/mol. The highest BCUT2D eigenvalue weighted by Crippen LogP contribution is 2.49. The van der Waals surface area contributed by atoms with Crippen molar-refractivity contribution in [3.8, 4) is 11.3 Å². The zero-order valence-electron chi connectivity index (χ0n) is 10.5. The number of nitrogens with one attached hydrogen (secondary N) is 1. The molecule has 1 aliphatic rings. The number of aromatic nitrogens is 1. The van der Waals surface area contributed by atoms with E-state index in [1.807, 2.05) is 24.3 Å². The van der Waals surface area contributed by atoms with Crippen LogP contribution in [0.15, 0.2) is 48.7 Å². The third kappa shape index (κ3) is 2.52. The van der Waals surface area contributed by atoms with Crippen molar-refractivity contribution in [2.24, 2.45) is 5.92 Å². The molecule has 0 saturated heterocycles. The number of anilines is 1. The van der Waals surface area contributed by atoms with Gasteiger partial charge in [0.25, 0.3) is 5.92 Å². The lowest BCUT2D eigenvalue weighted by molar-refractivity contribution is -0.119. The number of carbonyl (C=O) groups excluding carboxylic acids is 1. The van der Waals surface area contributed by atoms with Gasteiger partial charge in [0.2, 0.25) is 5.91 Å². The van der Waals surface area contributed by atoms with E-state index in [0.717, 1.165) is 11.3 Å². The largest absolute Gasteiger partial charge is 0.326 e. The van der Waals surface area contributed by atoms with Crippen molar-refractivity contribution in [3.05, 3.63) is 48.7 Å². The van der Waals surface area contributed by atoms with E-state index in [4.69, 9.17) is 0 Å². The fourth-order valence-corrected chi connectivity index (χ4v) is 2.02. The van der Waals surface area contributed by atoms with Crippen molar-refractivity contribution in [1.82, 2.24) is 4.98 Å². The monoisotopic (exact) mass is 274 g/mol. The van der Waals surface area contributed by atoms with Gasteiger partial charge < -0.3 is 5.32 Å². The van der Waals surface area contributed by atoms with Crippen LogP contribution in [0.5, 0.6) is 0 Å². The topological polar surface area (TPSA) is 42.0 Å². The average Bonchev–Trinajstić information content (AvgIpc) is 3.09. The molecule has 1 aliphatic carbocycles. The number of pyridine rings is 1. The van der Waals surface area contributed by atoms with Gasteiger partial charge >= 0.3 is 0 Å². The zero-order chi connectivity index (χ0) is 14.2. The number of hydrogen-bond donors (Lipinski definition) is 1. The summed E-state index contributed by atoms with van der Waals surface area (Å²) in [6, 6.07) is 12.5. The molecule has 1 N–H and O–H groups in total. The van der Waals surface area contributed by atoms with Crippen LogP contribution >= 0.6 is 0 Å². The Balaban J connectivity index is 1.77. The van der Waals surface area contributed by atoms with E-state index in [1.54, 1.807) is 24.4 Å². The molecule has 1 aromatic heterocycles. The molecule has 0 aliphatic heterocycles. The third-order valence-electron chi connectivity index (χ3n) is 3.23. The second kappa shape index (κ2) is 4.67. The minimum absolute atomic E-state index is 0.362. The van der Waals surface area contributed by atoms with E-state index in [1.165, 1.54) is 0 Å². The predicted octanol–water partition coefficient (Wildman–Crippen LogP) is 3.34. The molecule has 0 unspecified atom stereocenters. The molecule has 1 saturated carbocycles. The first kappa shape index (κ1) is 12.7. The van der Waals surface area contributed by atoms with Crippen molar-refractivity contribution >= 4 is 11.6 Å². The van der Waals surface area contributed by atoms with Crippen LogP contribution in [0, 0.1) is 5.92 Å². The van der Waals surface area contributed by atoms with Crippen LogP contribution in [0.1, 0.15) is 6.42 Å². The van der Waals surface area contributed by atoms with E-state index < -0.39 is 17.7 Å². The number of benzene rings is 1. The highest BCUT2D eigenvalue weighted by atomic mass is 19.3. The molecule has 20 heavy (non-hydrogen) atoms. The number of halogens is 2. The predicted molar refractivity (Wildman–Crippen MR) is 71.4 cm³/mol. The molecule has 1 fully saturated rings. The minimum Gasteiger partial charge on any atom is -0.326 e. The summed E-state index contributed by atoms with van der Waals surface area (Å²) in [5.41, 5.74) is 2.09. The maximum atomic E-state index is 12.8.